The Bertz CT molecular complexity index is 379. The van der Waals surface area contributed by atoms with Gasteiger partial charge in [-0.05, 0) is 24.3 Å². The molecule has 2 aliphatic rings. The summed E-state index contributed by atoms with van der Waals surface area (Å²) in [5, 5.41) is 9.58. The first-order valence-electron chi connectivity index (χ1n) is 6.87. The molecule has 0 aromatic carbocycles. The molecule has 0 bridgehead atoms. The molecule has 1 unspecified atom stereocenters. The Labute approximate surface area is 124 Å². The van der Waals surface area contributed by atoms with Gasteiger partial charge in [0.25, 0.3) is 0 Å². The molecular weight excluding hydrogens is 278 g/mol. The van der Waals surface area contributed by atoms with Crippen molar-refractivity contribution in [1.82, 2.24) is 4.90 Å². The summed E-state index contributed by atoms with van der Waals surface area (Å²) in [6, 6.07) is 0. The molecule has 2 fully saturated rings. The highest BCUT2D eigenvalue weighted by Gasteiger charge is 2.38. The molecule has 2 rings (SSSR count). The number of hydrogen-bond acceptors (Lipinski definition) is 4. The largest absolute Gasteiger partial charge is 0.396 e. The van der Waals surface area contributed by atoms with Gasteiger partial charge < -0.3 is 10.0 Å². The second-order valence-electron chi connectivity index (χ2n) is 6.10. The second-order valence-corrected chi connectivity index (χ2v) is 8.57. The lowest BCUT2D eigenvalue weighted by molar-refractivity contribution is -0.136. The second kappa shape index (κ2) is 6.10. The van der Waals surface area contributed by atoms with Crippen molar-refractivity contribution < 1.29 is 9.90 Å². The van der Waals surface area contributed by atoms with Gasteiger partial charge in [0.05, 0.1) is 10.8 Å². The number of rotatable bonds is 1. The van der Waals surface area contributed by atoms with Gasteiger partial charge in [-0.2, -0.15) is 0 Å². The molecule has 0 aliphatic carbocycles. The van der Waals surface area contributed by atoms with Crippen LogP contribution in [0.2, 0.25) is 0 Å². The lowest BCUT2D eigenvalue weighted by atomic mass is 9.94. The molecule has 2 aliphatic heterocycles. The molecular formula is C14H23NO2S2. The summed E-state index contributed by atoms with van der Waals surface area (Å²) in [5.74, 6) is 2.57. The topological polar surface area (TPSA) is 40.5 Å². The van der Waals surface area contributed by atoms with Crippen molar-refractivity contribution in [3.8, 4) is 0 Å². The van der Waals surface area contributed by atoms with E-state index < -0.39 is 0 Å². The minimum Gasteiger partial charge on any atom is -0.396 e. The molecule has 19 heavy (non-hydrogen) atoms. The third-order valence-electron chi connectivity index (χ3n) is 3.45. The van der Waals surface area contributed by atoms with Crippen LogP contribution >= 0.6 is 23.5 Å². The monoisotopic (exact) mass is 301 g/mol. The van der Waals surface area contributed by atoms with Crippen LogP contribution < -0.4 is 0 Å². The van der Waals surface area contributed by atoms with Crippen LogP contribution in [0.25, 0.3) is 0 Å². The zero-order valence-corrected chi connectivity index (χ0v) is 13.6. The summed E-state index contributed by atoms with van der Waals surface area (Å²) >= 11 is 3.70. The van der Waals surface area contributed by atoms with E-state index >= 15 is 0 Å². The lowest BCUT2D eigenvalue weighted by Crippen LogP contribution is -2.37. The Kier molecular flexibility index (Phi) is 4.90. The summed E-state index contributed by atoms with van der Waals surface area (Å²) in [4.78, 5) is 14.5. The van der Waals surface area contributed by atoms with E-state index in [9.17, 15) is 9.90 Å². The summed E-state index contributed by atoms with van der Waals surface area (Å²) in [6.45, 7) is 6.79. The first kappa shape index (κ1) is 15.3. The van der Waals surface area contributed by atoms with E-state index in [0.717, 1.165) is 30.2 Å². The molecule has 2 heterocycles. The normalized spacial score (nSPS) is 25.1. The zero-order valence-electron chi connectivity index (χ0n) is 11.9. The highest BCUT2D eigenvalue weighted by molar-refractivity contribution is 8.22. The highest BCUT2D eigenvalue weighted by Crippen LogP contribution is 2.44. The van der Waals surface area contributed by atoms with E-state index in [4.69, 9.17) is 0 Å². The average Bonchev–Trinajstić information content (AvgIpc) is 2.81. The van der Waals surface area contributed by atoms with Gasteiger partial charge in [0, 0.05) is 23.6 Å². The fraction of sp³-hybridized carbons (Fsp3) is 0.786. The van der Waals surface area contributed by atoms with Crippen molar-refractivity contribution in [2.45, 2.75) is 33.6 Å². The van der Waals surface area contributed by atoms with Crippen LogP contribution in [0.4, 0.5) is 0 Å². The number of aliphatic hydroxyl groups is 1. The molecule has 0 aromatic heterocycles. The van der Waals surface area contributed by atoms with E-state index in [2.05, 4.69) is 0 Å². The third-order valence-corrected chi connectivity index (χ3v) is 6.09. The maximum Gasteiger partial charge on any atom is 0.232 e. The van der Waals surface area contributed by atoms with Crippen molar-refractivity contribution >= 4 is 29.4 Å². The number of amides is 1. The van der Waals surface area contributed by atoms with E-state index in [0.29, 0.717) is 0 Å². The van der Waals surface area contributed by atoms with Gasteiger partial charge in [0.2, 0.25) is 5.91 Å². The van der Waals surface area contributed by atoms with Crippen LogP contribution in [0.5, 0.6) is 0 Å². The Morgan fingerprint density at radius 2 is 2.00 bits per heavy atom. The minimum absolute atomic E-state index is 0.138. The van der Waals surface area contributed by atoms with Crippen LogP contribution in [0.1, 0.15) is 33.6 Å². The average molecular weight is 301 g/mol. The fourth-order valence-corrected chi connectivity index (χ4v) is 5.22. The summed E-state index contributed by atoms with van der Waals surface area (Å²) in [7, 11) is 0. The number of nitrogens with zero attached hydrogens (tertiary/aromatic N) is 1. The van der Waals surface area contributed by atoms with Crippen LogP contribution in [-0.4, -0.2) is 40.6 Å². The molecule has 0 saturated carbocycles. The van der Waals surface area contributed by atoms with Gasteiger partial charge in [-0.15, -0.1) is 23.5 Å². The Morgan fingerprint density at radius 3 is 2.53 bits per heavy atom. The number of carbonyl (C=O) groups is 1. The van der Waals surface area contributed by atoms with Crippen molar-refractivity contribution in [3.63, 3.8) is 0 Å². The third kappa shape index (κ3) is 3.31. The van der Waals surface area contributed by atoms with Gasteiger partial charge in [0.15, 0.2) is 0 Å². The Hall–Kier alpha value is -0.130. The first-order valence-corrected chi connectivity index (χ1v) is 8.85. The number of likely N-dealkylation sites (tertiary alicyclic amines) is 1. The van der Waals surface area contributed by atoms with E-state index in [-0.39, 0.29) is 23.8 Å². The number of carbonyl (C=O) groups excluding carboxylic acids is 1. The zero-order chi connectivity index (χ0) is 14.0. The summed E-state index contributed by atoms with van der Waals surface area (Å²) in [5.41, 5.74) is 0.734. The molecule has 3 nitrogen and oxygen atoms in total. The molecule has 1 amide bonds. The number of thioether (sulfide) groups is 2. The summed E-state index contributed by atoms with van der Waals surface area (Å²) < 4.78 is 1.26. The van der Waals surface area contributed by atoms with Gasteiger partial charge in [0.1, 0.15) is 0 Å². The Morgan fingerprint density at radius 1 is 1.37 bits per heavy atom. The van der Waals surface area contributed by atoms with Crippen molar-refractivity contribution in [3.05, 3.63) is 9.93 Å². The Balaban J connectivity index is 2.30. The van der Waals surface area contributed by atoms with Crippen molar-refractivity contribution in [2.75, 3.05) is 24.7 Å². The van der Waals surface area contributed by atoms with E-state index in [1.54, 1.807) is 0 Å². The standard InChI is InChI=1S/C14H23NO2S2/c1-14(2,3)13(17)15-6-5-10(9-16)11(15)12-18-7-4-8-19-12/h10,16H,4-9H2,1-3H3. The van der Waals surface area contributed by atoms with Crippen LogP contribution in [-0.2, 0) is 4.79 Å². The van der Waals surface area contributed by atoms with E-state index in [1.165, 1.54) is 10.7 Å². The van der Waals surface area contributed by atoms with Crippen LogP contribution in [0, 0.1) is 11.3 Å². The molecule has 0 radical (unpaired) electrons. The molecule has 1 atom stereocenters. The highest BCUT2D eigenvalue weighted by atomic mass is 32.2. The van der Waals surface area contributed by atoms with Crippen molar-refractivity contribution in [2.24, 2.45) is 11.3 Å². The first-order chi connectivity index (χ1) is 8.95. The van der Waals surface area contributed by atoms with E-state index in [1.807, 2.05) is 49.2 Å². The van der Waals surface area contributed by atoms with Gasteiger partial charge in [-0.3, -0.25) is 4.79 Å². The van der Waals surface area contributed by atoms with Gasteiger partial charge in [-0.1, -0.05) is 20.8 Å². The minimum atomic E-state index is -0.361. The maximum atomic E-state index is 12.6. The van der Waals surface area contributed by atoms with Gasteiger partial charge >= 0.3 is 0 Å². The van der Waals surface area contributed by atoms with Crippen molar-refractivity contribution in [1.29, 1.82) is 0 Å². The molecule has 108 valence electrons. The SMILES string of the molecule is CC(C)(C)C(=O)N1CCC(CO)C1=C1SCCCS1. The molecule has 5 heteroatoms. The smallest absolute Gasteiger partial charge is 0.232 e. The molecule has 0 spiro atoms. The quantitative estimate of drug-likeness (QED) is 0.808. The maximum absolute atomic E-state index is 12.6. The van der Waals surface area contributed by atoms with Crippen LogP contribution in [0.15, 0.2) is 9.93 Å². The molecule has 2 saturated heterocycles. The van der Waals surface area contributed by atoms with Gasteiger partial charge in [-0.25, -0.2) is 0 Å². The summed E-state index contributed by atoms with van der Waals surface area (Å²) in [6.07, 6.45) is 2.11. The molecule has 1 N–H and O–H groups in total. The molecule has 0 aromatic rings. The van der Waals surface area contributed by atoms with Crippen LogP contribution in [0.3, 0.4) is 0 Å². The predicted molar refractivity (Wildman–Crippen MR) is 82.9 cm³/mol. The number of aliphatic hydroxyl groups excluding tert-OH is 1. The lowest BCUT2D eigenvalue weighted by Gasteiger charge is -2.30. The number of hydrogen-bond donors (Lipinski definition) is 1. The predicted octanol–water partition coefficient (Wildman–Crippen LogP) is 2.91. The fourth-order valence-electron chi connectivity index (χ4n) is 2.41.